The van der Waals surface area contributed by atoms with Crippen LogP contribution in [0.5, 0.6) is 0 Å². The van der Waals surface area contributed by atoms with Gasteiger partial charge < -0.3 is 10.3 Å². The number of nitrogens with two attached hydrogens (primary N) is 1. The molecule has 2 heterocycles. The molecule has 0 saturated heterocycles. The van der Waals surface area contributed by atoms with Crippen LogP contribution in [0.2, 0.25) is 0 Å². The molecule has 106 valence electrons. The average Bonchev–Trinajstić information content (AvgIpc) is 3.23. The van der Waals surface area contributed by atoms with Crippen molar-refractivity contribution in [2.24, 2.45) is 11.7 Å². The van der Waals surface area contributed by atoms with E-state index in [-0.39, 0.29) is 6.04 Å². The first-order chi connectivity index (χ1) is 10.2. The summed E-state index contributed by atoms with van der Waals surface area (Å²) in [4.78, 5) is 9.03. The van der Waals surface area contributed by atoms with E-state index in [0.29, 0.717) is 17.6 Å². The molecular formula is C16H16N4O. The topological polar surface area (TPSA) is 77.8 Å². The fourth-order valence-corrected chi connectivity index (χ4v) is 2.63. The van der Waals surface area contributed by atoms with Gasteiger partial charge >= 0.3 is 0 Å². The summed E-state index contributed by atoms with van der Waals surface area (Å²) < 4.78 is 5.44. The molecule has 1 unspecified atom stereocenters. The number of nitrogens with zero attached hydrogens (tertiary/aromatic N) is 3. The predicted molar refractivity (Wildman–Crippen MR) is 79.4 cm³/mol. The minimum absolute atomic E-state index is 0.114. The minimum atomic E-state index is -0.114. The molecule has 4 rings (SSSR count). The second kappa shape index (κ2) is 4.63. The SMILES string of the molecule is Cc1cc(-c2nc(C(N)C3CC3)no2)c2ccccc2n1. The van der Waals surface area contributed by atoms with Gasteiger partial charge in [0, 0.05) is 11.1 Å². The van der Waals surface area contributed by atoms with Crippen LogP contribution in [-0.2, 0) is 0 Å². The molecule has 5 heteroatoms. The zero-order valence-electron chi connectivity index (χ0n) is 11.8. The molecule has 1 aromatic carbocycles. The van der Waals surface area contributed by atoms with Gasteiger partial charge in [0.1, 0.15) is 0 Å². The Labute approximate surface area is 122 Å². The van der Waals surface area contributed by atoms with Crippen LogP contribution >= 0.6 is 0 Å². The maximum atomic E-state index is 6.14. The first kappa shape index (κ1) is 12.5. The van der Waals surface area contributed by atoms with Crippen molar-refractivity contribution in [3.05, 3.63) is 41.9 Å². The second-order valence-electron chi connectivity index (χ2n) is 5.65. The van der Waals surface area contributed by atoms with Crippen LogP contribution in [0.1, 0.15) is 30.4 Å². The number of aryl methyl sites for hydroxylation is 1. The van der Waals surface area contributed by atoms with E-state index in [4.69, 9.17) is 10.3 Å². The first-order valence-corrected chi connectivity index (χ1v) is 7.18. The molecular weight excluding hydrogens is 264 g/mol. The van der Waals surface area contributed by atoms with Crippen LogP contribution in [0.4, 0.5) is 0 Å². The lowest BCUT2D eigenvalue weighted by Crippen LogP contribution is -2.13. The lowest BCUT2D eigenvalue weighted by atomic mass is 10.1. The van der Waals surface area contributed by atoms with Crippen molar-refractivity contribution in [3.8, 4) is 11.5 Å². The Morgan fingerprint density at radius 2 is 2.05 bits per heavy atom. The van der Waals surface area contributed by atoms with E-state index in [0.717, 1.165) is 35.0 Å². The highest BCUT2D eigenvalue weighted by Crippen LogP contribution is 2.39. The van der Waals surface area contributed by atoms with Gasteiger partial charge in [-0.05, 0) is 37.8 Å². The first-order valence-electron chi connectivity index (χ1n) is 7.18. The van der Waals surface area contributed by atoms with Crippen LogP contribution in [0.3, 0.4) is 0 Å². The summed E-state index contributed by atoms with van der Waals surface area (Å²) in [5, 5.41) is 5.07. The molecule has 3 aromatic rings. The molecule has 0 bridgehead atoms. The number of hydrogen-bond acceptors (Lipinski definition) is 5. The average molecular weight is 280 g/mol. The van der Waals surface area contributed by atoms with Gasteiger partial charge in [0.25, 0.3) is 5.89 Å². The van der Waals surface area contributed by atoms with Gasteiger partial charge in [-0.1, -0.05) is 23.4 Å². The van der Waals surface area contributed by atoms with Crippen molar-refractivity contribution in [3.63, 3.8) is 0 Å². The number of rotatable bonds is 3. The maximum Gasteiger partial charge on any atom is 0.258 e. The van der Waals surface area contributed by atoms with Gasteiger partial charge in [-0.15, -0.1) is 0 Å². The lowest BCUT2D eigenvalue weighted by molar-refractivity contribution is 0.412. The molecule has 5 nitrogen and oxygen atoms in total. The van der Waals surface area contributed by atoms with Crippen LogP contribution in [0.15, 0.2) is 34.9 Å². The van der Waals surface area contributed by atoms with Gasteiger partial charge in [0.15, 0.2) is 5.82 Å². The Morgan fingerprint density at radius 1 is 1.24 bits per heavy atom. The molecule has 0 radical (unpaired) electrons. The third-order valence-corrected chi connectivity index (χ3v) is 3.94. The lowest BCUT2D eigenvalue weighted by Gasteiger charge is -2.04. The summed E-state index contributed by atoms with van der Waals surface area (Å²) in [6.07, 6.45) is 2.31. The van der Waals surface area contributed by atoms with E-state index in [1.165, 1.54) is 0 Å². The van der Waals surface area contributed by atoms with Crippen molar-refractivity contribution in [2.75, 3.05) is 0 Å². The number of pyridine rings is 1. The monoisotopic (exact) mass is 280 g/mol. The molecule has 21 heavy (non-hydrogen) atoms. The van der Waals surface area contributed by atoms with E-state index in [9.17, 15) is 0 Å². The predicted octanol–water partition coefficient (Wildman–Crippen LogP) is 3.00. The van der Waals surface area contributed by atoms with Crippen molar-refractivity contribution < 1.29 is 4.52 Å². The third kappa shape index (κ3) is 2.19. The van der Waals surface area contributed by atoms with E-state index in [1.807, 2.05) is 37.3 Å². The molecule has 2 N–H and O–H groups in total. The summed E-state index contributed by atoms with van der Waals surface area (Å²) in [6, 6.07) is 9.82. The van der Waals surface area contributed by atoms with Gasteiger partial charge in [-0.25, -0.2) is 0 Å². The van der Waals surface area contributed by atoms with E-state index < -0.39 is 0 Å². The standard InChI is InChI=1S/C16H16N4O/c1-9-8-12(11-4-2-3-5-13(11)18-9)16-19-15(20-21-16)14(17)10-6-7-10/h2-5,8,10,14H,6-7,17H2,1H3. The van der Waals surface area contributed by atoms with Gasteiger partial charge in [0.05, 0.1) is 17.1 Å². The van der Waals surface area contributed by atoms with Crippen molar-refractivity contribution >= 4 is 10.9 Å². The summed E-state index contributed by atoms with van der Waals surface area (Å²) in [6.45, 7) is 1.96. The normalized spacial score (nSPS) is 16.3. The molecule has 0 aliphatic heterocycles. The summed E-state index contributed by atoms with van der Waals surface area (Å²) in [5.41, 5.74) is 8.91. The quantitative estimate of drug-likeness (QED) is 0.798. The number of hydrogen-bond donors (Lipinski definition) is 1. The summed E-state index contributed by atoms with van der Waals surface area (Å²) in [7, 11) is 0. The molecule has 1 saturated carbocycles. The molecule has 1 atom stereocenters. The highest BCUT2D eigenvalue weighted by molar-refractivity contribution is 5.92. The van der Waals surface area contributed by atoms with Gasteiger partial charge in [-0.3, -0.25) is 4.98 Å². The highest BCUT2D eigenvalue weighted by atomic mass is 16.5. The molecule has 2 aromatic heterocycles. The smallest absolute Gasteiger partial charge is 0.258 e. The van der Waals surface area contributed by atoms with Crippen LogP contribution in [0.25, 0.3) is 22.4 Å². The molecule has 1 aliphatic carbocycles. The van der Waals surface area contributed by atoms with Gasteiger partial charge in [-0.2, -0.15) is 4.98 Å². The fourth-order valence-electron chi connectivity index (χ4n) is 2.63. The zero-order valence-corrected chi connectivity index (χ0v) is 11.8. The maximum absolute atomic E-state index is 6.14. The summed E-state index contributed by atoms with van der Waals surface area (Å²) in [5.74, 6) is 1.63. The van der Waals surface area contributed by atoms with Crippen molar-refractivity contribution in [2.45, 2.75) is 25.8 Å². The Kier molecular flexibility index (Phi) is 2.75. The van der Waals surface area contributed by atoms with E-state index in [2.05, 4.69) is 15.1 Å². The second-order valence-corrected chi connectivity index (χ2v) is 5.65. The zero-order chi connectivity index (χ0) is 14.4. The van der Waals surface area contributed by atoms with Crippen LogP contribution in [-0.4, -0.2) is 15.1 Å². The molecule has 1 fully saturated rings. The van der Waals surface area contributed by atoms with Crippen LogP contribution < -0.4 is 5.73 Å². The van der Waals surface area contributed by atoms with Gasteiger partial charge in [0.2, 0.25) is 0 Å². The number of aromatic nitrogens is 3. The largest absolute Gasteiger partial charge is 0.334 e. The molecule has 1 aliphatic rings. The summed E-state index contributed by atoms with van der Waals surface area (Å²) >= 11 is 0. The van der Waals surface area contributed by atoms with Crippen LogP contribution in [0, 0.1) is 12.8 Å². The van der Waals surface area contributed by atoms with Crippen molar-refractivity contribution in [1.82, 2.24) is 15.1 Å². The van der Waals surface area contributed by atoms with E-state index in [1.54, 1.807) is 0 Å². The molecule has 0 amide bonds. The fraction of sp³-hybridized carbons (Fsp3) is 0.312. The van der Waals surface area contributed by atoms with E-state index >= 15 is 0 Å². The number of fused-ring (bicyclic) bond motifs is 1. The van der Waals surface area contributed by atoms with Crippen molar-refractivity contribution in [1.29, 1.82) is 0 Å². The highest BCUT2D eigenvalue weighted by Gasteiger charge is 2.32. The Bertz CT molecular complexity index is 807. The Balaban J connectivity index is 1.82. The minimum Gasteiger partial charge on any atom is -0.334 e. The number of para-hydroxylation sites is 1. The third-order valence-electron chi connectivity index (χ3n) is 3.94. The molecule has 0 spiro atoms. The Hall–Kier alpha value is -2.27. The Morgan fingerprint density at radius 3 is 2.86 bits per heavy atom. The number of benzene rings is 1.